The Morgan fingerprint density at radius 2 is 2.25 bits per heavy atom. The van der Waals surface area contributed by atoms with Crippen LogP contribution in [0.25, 0.3) is 0 Å². The zero-order valence-corrected chi connectivity index (χ0v) is 10.8. The highest BCUT2D eigenvalue weighted by molar-refractivity contribution is 9.10. The molecule has 0 unspecified atom stereocenters. The molecule has 0 bridgehead atoms. The topological polar surface area (TPSA) is 72.5 Å². The van der Waals surface area contributed by atoms with Crippen LogP contribution in [0.2, 0.25) is 0 Å². The minimum atomic E-state index is -0.131. The second-order valence-electron chi connectivity index (χ2n) is 3.37. The maximum atomic E-state index is 11.9. The Morgan fingerprint density at radius 3 is 2.75 bits per heavy atom. The Balaban J connectivity index is 3.38. The van der Waals surface area contributed by atoms with Crippen LogP contribution >= 0.6 is 15.9 Å². The predicted octanol–water partition coefficient (Wildman–Crippen LogP) is 2.00. The lowest BCUT2D eigenvalue weighted by Crippen LogP contribution is -2.11. The van der Waals surface area contributed by atoms with E-state index in [-0.39, 0.29) is 30.2 Å². The van der Waals surface area contributed by atoms with Crippen molar-refractivity contribution in [3.63, 3.8) is 0 Å². The molecule has 0 aromatic heterocycles. The van der Waals surface area contributed by atoms with Crippen molar-refractivity contribution in [2.45, 2.75) is 13.3 Å². The van der Waals surface area contributed by atoms with E-state index in [4.69, 9.17) is 10.5 Å². The van der Waals surface area contributed by atoms with Crippen LogP contribution in [0.1, 0.15) is 22.3 Å². The predicted molar refractivity (Wildman–Crippen MR) is 65.1 cm³/mol. The number of carbonyl (C=O) groups is 1. The van der Waals surface area contributed by atoms with E-state index in [0.29, 0.717) is 10.0 Å². The average Bonchev–Trinajstić information content (AvgIpc) is 2.23. The van der Waals surface area contributed by atoms with Crippen LogP contribution in [0, 0.1) is 6.92 Å². The lowest BCUT2D eigenvalue weighted by atomic mass is 10.0. The Kier molecular flexibility index (Phi) is 4.32. The fraction of sp³-hybridized carbons (Fsp3) is 0.364. The summed E-state index contributed by atoms with van der Waals surface area (Å²) in [4.78, 5) is 11.9. The molecule has 3 N–H and O–H groups in total. The summed E-state index contributed by atoms with van der Waals surface area (Å²) >= 11 is 3.28. The molecule has 4 nitrogen and oxygen atoms in total. The van der Waals surface area contributed by atoms with E-state index in [1.165, 1.54) is 13.2 Å². The molecular weight excluding hydrogens is 274 g/mol. The third-order valence-electron chi connectivity index (χ3n) is 2.31. The molecule has 5 heteroatoms. The lowest BCUT2D eigenvalue weighted by Gasteiger charge is -2.13. The molecule has 88 valence electrons. The van der Waals surface area contributed by atoms with Gasteiger partial charge in [-0.3, -0.25) is 4.79 Å². The van der Waals surface area contributed by atoms with Crippen LogP contribution in [0.15, 0.2) is 10.5 Å². The maximum Gasteiger partial charge on any atom is 0.171 e. The highest BCUT2D eigenvalue weighted by Gasteiger charge is 2.20. The number of hydrogen-bond acceptors (Lipinski definition) is 4. The molecule has 0 aliphatic rings. The average molecular weight is 288 g/mol. The number of nitrogens with two attached hydrogens (primary N) is 1. The van der Waals surface area contributed by atoms with E-state index in [9.17, 15) is 9.90 Å². The molecule has 1 rings (SSSR count). The first-order valence-corrected chi connectivity index (χ1v) is 5.61. The zero-order chi connectivity index (χ0) is 12.3. The summed E-state index contributed by atoms with van der Waals surface area (Å²) < 4.78 is 5.72. The highest BCUT2D eigenvalue weighted by Crippen LogP contribution is 2.37. The van der Waals surface area contributed by atoms with E-state index >= 15 is 0 Å². The Morgan fingerprint density at radius 1 is 1.62 bits per heavy atom. The van der Waals surface area contributed by atoms with E-state index in [1.54, 1.807) is 6.92 Å². The number of rotatable bonds is 4. The van der Waals surface area contributed by atoms with Crippen LogP contribution in [0.3, 0.4) is 0 Å². The first kappa shape index (κ1) is 13.0. The van der Waals surface area contributed by atoms with Crippen molar-refractivity contribution in [2.24, 2.45) is 5.73 Å². The van der Waals surface area contributed by atoms with Crippen LogP contribution < -0.4 is 10.5 Å². The molecule has 0 fully saturated rings. The molecule has 0 spiro atoms. The van der Waals surface area contributed by atoms with Gasteiger partial charge in [0.1, 0.15) is 0 Å². The Bertz CT molecular complexity index is 418. The zero-order valence-electron chi connectivity index (χ0n) is 9.21. The summed E-state index contributed by atoms with van der Waals surface area (Å²) in [5.74, 6) is 0.0212. The number of aromatic hydroxyl groups is 1. The second-order valence-corrected chi connectivity index (χ2v) is 4.23. The third-order valence-corrected chi connectivity index (χ3v) is 3.13. The number of methoxy groups -OCH3 is 1. The molecule has 1 aromatic carbocycles. The molecule has 0 aliphatic carbocycles. The number of benzene rings is 1. The fourth-order valence-corrected chi connectivity index (χ4v) is 1.93. The number of phenolic OH excluding ortho intramolecular Hbond substituents is 1. The minimum absolute atomic E-state index is 0.0552. The van der Waals surface area contributed by atoms with Gasteiger partial charge in [0.25, 0.3) is 0 Å². The molecule has 0 saturated carbocycles. The summed E-state index contributed by atoms with van der Waals surface area (Å²) in [6.45, 7) is 2.06. The first-order chi connectivity index (χ1) is 7.52. The van der Waals surface area contributed by atoms with Gasteiger partial charge in [0, 0.05) is 10.9 Å². The van der Waals surface area contributed by atoms with Crippen molar-refractivity contribution in [3.05, 3.63) is 21.7 Å². The smallest absolute Gasteiger partial charge is 0.171 e. The first-order valence-electron chi connectivity index (χ1n) is 4.82. The number of ether oxygens (including phenoxy) is 1. The van der Waals surface area contributed by atoms with Gasteiger partial charge in [-0.05, 0) is 25.1 Å². The Hall–Kier alpha value is -1.07. The molecule has 0 amide bonds. The minimum Gasteiger partial charge on any atom is -0.504 e. The van der Waals surface area contributed by atoms with Crippen molar-refractivity contribution in [1.29, 1.82) is 0 Å². The van der Waals surface area contributed by atoms with E-state index in [1.807, 2.05) is 0 Å². The molecule has 1 aromatic rings. The highest BCUT2D eigenvalue weighted by atomic mass is 79.9. The van der Waals surface area contributed by atoms with Crippen molar-refractivity contribution in [3.8, 4) is 11.5 Å². The monoisotopic (exact) mass is 287 g/mol. The summed E-state index contributed by atoms with van der Waals surface area (Å²) in [5.41, 5.74) is 6.48. The maximum absolute atomic E-state index is 11.9. The molecule has 0 heterocycles. The van der Waals surface area contributed by atoms with Crippen LogP contribution in [-0.4, -0.2) is 24.5 Å². The van der Waals surface area contributed by atoms with Crippen molar-refractivity contribution in [1.82, 2.24) is 0 Å². The van der Waals surface area contributed by atoms with Crippen LogP contribution in [0.4, 0.5) is 0 Å². The van der Waals surface area contributed by atoms with Gasteiger partial charge in [-0.1, -0.05) is 15.9 Å². The number of carbonyl (C=O) groups excluding carboxylic acids is 1. The quantitative estimate of drug-likeness (QED) is 0.831. The van der Waals surface area contributed by atoms with Gasteiger partial charge in [0.05, 0.1) is 12.7 Å². The number of ketones is 1. The Labute approximate surface area is 103 Å². The lowest BCUT2D eigenvalue weighted by molar-refractivity contribution is 0.0981. The third kappa shape index (κ3) is 2.36. The van der Waals surface area contributed by atoms with Gasteiger partial charge < -0.3 is 15.6 Å². The van der Waals surface area contributed by atoms with Gasteiger partial charge in [0.2, 0.25) is 0 Å². The van der Waals surface area contributed by atoms with Gasteiger partial charge in [-0.25, -0.2) is 0 Å². The summed E-state index contributed by atoms with van der Waals surface area (Å²) in [5, 5.41) is 9.68. The SMILES string of the molecule is COc1c(O)cc(Br)c(C)c1C(=O)CCN. The summed E-state index contributed by atoms with van der Waals surface area (Å²) in [6.07, 6.45) is 0.229. The molecular formula is C11H14BrNO3. The molecule has 0 atom stereocenters. The second kappa shape index (κ2) is 5.32. The van der Waals surface area contributed by atoms with Crippen molar-refractivity contribution in [2.75, 3.05) is 13.7 Å². The fourth-order valence-electron chi connectivity index (χ4n) is 1.51. The number of phenols is 1. The van der Waals surface area contributed by atoms with E-state index < -0.39 is 0 Å². The largest absolute Gasteiger partial charge is 0.504 e. The molecule has 0 radical (unpaired) electrons. The normalized spacial score (nSPS) is 10.2. The van der Waals surface area contributed by atoms with Crippen LogP contribution in [-0.2, 0) is 0 Å². The molecule has 16 heavy (non-hydrogen) atoms. The van der Waals surface area contributed by atoms with Gasteiger partial charge in [-0.15, -0.1) is 0 Å². The van der Waals surface area contributed by atoms with E-state index in [0.717, 1.165) is 5.56 Å². The number of Topliss-reactive ketones (excluding diaryl/α,β-unsaturated/α-hetero) is 1. The summed E-state index contributed by atoms with van der Waals surface area (Å²) in [6, 6.07) is 1.51. The van der Waals surface area contributed by atoms with Crippen molar-refractivity contribution < 1.29 is 14.6 Å². The summed E-state index contributed by atoms with van der Waals surface area (Å²) in [7, 11) is 1.42. The number of hydrogen-bond donors (Lipinski definition) is 2. The number of halogens is 1. The van der Waals surface area contributed by atoms with Gasteiger partial charge in [0.15, 0.2) is 17.3 Å². The molecule has 0 saturated heterocycles. The van der Waals surface area contributed by atoms with Crippen LogP contribution in [0.5, 0.6) is 11.5 Å². The van der Waals surface area contributed by atoms with Gasteiger partial charge in [-0.2, -0.15) is 0 Å². The molecule has 0 aliphatic heterocycles. The van der Waals surface area contributed by atoms with Crippen molar-refractivity contribution >= 4 is 21.7 Å². The standard InChI is InChI=1S/C11H14BrNO3/c1-6-7(12)5-9(15)11(16-2)10(6)8(14)3-4-13/h5,15H,3-4,13H2,1-2H3. The van der Waals surface area contributed by atoms with E-state index in [2.05, 4.69) is 15.9 Å². The van der Waals surface area contributed by atoms with Gasteiger partial charge >= 0.3 is 0 Å².